The van der Waals surface area contributed by atoms with Gasteiger partial charge in [0, 0.05) is 27.8 Å². The fraction of sp³-hybridized carbons (Fsp3) is 0.100. The summed E-state index contributed by atoms with van der Waals surface area (Å²) in [7, 11) is 3.05. The molecule has 0 aliphatic heterocycles. The highest BCUT2D eigenvalue weighted by Gasteiger charge is 2.16. The number of thioether (sulfide) groups is 1. The fourth-order valence-electron chi connectivity index (χ4n) is 3.56. The van der Waals surface area contributed by atoms with Gasteiger partial charge in [0.05, 0.1) is 26.2 Å². The summed E-state index contributed by atoms with van der Waals surface area (Å²) in [6, 6.07) is 24.1. The van der Waals surface area contributed by atoms with E-state index in [0.717, 1.165) is 4.90 Å². The first kappa shape index (κ1) is 27.3. The van der Waals surface area contributed by atoms with Crippen molar-refractivity contribution in [3.8, 4) is 11.5 Å². The third kappa shape index (κ3) is 7.39. The second-order valence-corrected chi connectivity index (χ2v) is 9.21. The van der Waals surface area contributed by atoms with Crippen molar-refractivity contribution in [2.75, 3.05) is 25.3 Å². The minimum Gasteiger partial charge on any atom is -0.493 e. The molecule has 0 saturated heterocycles. The van der Waals surface area contributed by atoms with Crippen LogP contribution in [0.3, 0.4) is 0 Å². The highest BCUT2D eigenvalue weighted by molar-refractivity contribution is 8.00. The van der Waals surface area contributed by atoms with Gasteiger partial charge in [-0.25, -0.2) is 0 Å². The molecule has 0 aliphatic carbocycles. The van der Waals surface area contributed by atoms with Crippen LogP contribution < -0.4 is 20.1 Å². The molecule has 198 valence electrons. The number of hydrogen-bond acceptors (Lipinski definition) is 7. The van der Waals surface area contributed by atoms with Crippen LogP contribution in [0.15, 0.2) is 106 Å². The summed E-state index contributed by atoms with van der Waals surface area (Å²) in [5.74, 6) is 0.584. The number of ether oxygens (including phenoxy) is 2. The zero-order valence-electron chi connectivity index (χ0n) is 21.3. The maximum atomic E-state index is 13.2. The number of carbonyl (C=O) groups excluding carboxylic acids is 3. The molecule has 0 saturated carbocycles. The minimum atomic E-state index is -0.528. The lowest BCUT2D eigenvalue weighted by atomic mass is 10.1. The predicted molar refractivity (Wildman–Crippen MR) is 150 cm³/mol. The highest BCUT2D eigenvalue weighted by Crippen LogP contribution is 2.29. The van der Waals surface area contributed by atoms with Gasteiger partial charge >= 0.3 is 0 Å². The minimum absolute atomic E-state index is 0.0143. The first-order valence-corrected chi connectivity index (χ1v) is 12.9. The van der Waals surface area contributed by atoms with E-state index in [9.17, 15) is 14.4 Å². The molecule has 3 aromatic carbocycles. The van der Waals surface area contributed by atoms with Crippen LogP contribution >= 0.6 is 11.8 Å². The highest BCUT2D eigenvalue weighted by atomic mass is 32.2. The average Bonchev–Trinajstić information content (AvgIpc) is 3.49. The first-order valence-electron chi connectivity index (χ1n) is 11.9. The predicted octanol–water partition coefficient (Wildman–Crippen LogP) is 5.68. The average molecular weight is 543 g/mol. The van der Waals surface area contributed by atoms with E-state index in [-0.39, 0.29) is 17.2 Å². The van der Waals surface area contributed by atoms with Gasteiger partial charge < -0.3 is 24.5 Å². The van der Waals surface area contributed by atoms with E-state index in [1.165, 1.54) is 38.3 Å². The molecule has 8 nitrogen and oxygen atoms in total. The maximum absolute atomic E-state index is 13.2. The largest absolute Gasteiger partial charge is 0.493 e. The van der Waals surface area contributed by atoms with Gasteiger partial charge in [-0.2, -0.15) is 0 Å². The topological polar surface area (TPSA) is 107 Å². The number of amides is 2. The molecule has 39 heavy (non-hydrogen) atoms. The van der Waals surface area contributed by atoms with Gasteiger partial charge in [0.15, 0.2) is 17.3 Å². The van der Waals surface area contributed by atoms with Crippen LogP contribution in [-0.4, -0.2) is 37.6 Å². The van der Waals surface area contributed by atoms with E-state index < -0.39 is 11.8 Å². The van der Waals surface area contributed by atoms with E-state index in [4.69, 9.17) is 13.9 Å². The summed E-state index contributed by atoms with van der Waals surface area (Å²) in [6.07, 6.45) is 2.93. The third-order valence-electron chi connectivity index (χ3n) is 5.53. The van der Waals surface area contributed by atoms with Crippen LogP contribution in [0.4, 0.5) is 5.69 Å². The summed E-state index contributed by atoms with van der Waals surface area (Å²) in [6.45, 7) is 0. The zero-order valence-corrected chi connectivity index (χ0v) is 22.1. The van der Waals surface area contributed by atoms with E-state index in [0.29, 0.717) is 34.1 Å². The number of benzene rings is 3. The summed E-state index contributed by atoms with van der Waals surface area (Å²) in [5.41, 5.74) is 1.43. The molecule has 2 N–H and O–H groups in total. The summed E-state index contributed by atoms with van der Waals surface area (Å²) >= 11 is 1.34. The van der Waals surface area contributed by atoms with Crippen LogP contribution in [0.25, 0.3) is 6.08 Å². The summed E-state index contributed by atoms with van der Waals surface area (Å²) < 4.78 is 15.8. The van der Waals surface area contributed by atoms with Crippen molar-refractivity contribution < 1.29 is 28.3 Å². The molecule has 0 spiro atoms. The molecule has 0 radical (unpaired) electrons. The molecule has 4 rings (SSSR count). The lowest BCUT2D eigenvalue weighted by Crippen LogP contribution is -2.30. The molecule has 0 aliphatic rings. The van der Waals surface area contributed by atoms with Gasteiger partial charge in [0.25, 0.3) is 11.8 Å². The van der Waals surface area contributed by atoms with Gasteiger partial charge in [0.1, 0.15) is 11.5 Å². The second kappa shape index (κ2) is 13.2. The molecule has 9 heteroatoms. The van der Waals surface area contributed by atoms with Crippen molar-refractivity contribution in [2.45, 2.75) is 4.90 Å². The van der Waals surface area contributed by atoms with Gasteiger partial charge in [-0.1, -0.05) is 24.3 Å². The zero-order chi connectivity index (χ0) is 27.6. The first-order chi connectivity index (χ1) is 19.0. The Morgan fingerprint density at radius 2 is 1.64 bits per heavy atom. The van der Waals surface area contributed by atoms with E-state index in [2.05, 4.69) is 10.6 Å². The second-order valence-electron chi connectivity index (χ2n) is 8.16. The Morgan fingerprint density at radius 1 is 0.846 bits per heavy atom. The van der Waals surface area contributed by atoms with Crippen LogP contribution in [0.5, 0.6) is 11.5 Å². The van der Waals surface area contributed by atoms with Crippen LogP contribution in [0.1, 0.15) is 26.5 Å². The molecule has 0 fully saturated rings. The van der Waals surface area contributed by atoms with Gasteiger partial charge in [0.2, 0.25) is 0 Å². The maximum Gasteiger partial charge on any atom is 0.272 e. The Hall–Kier alpha value is -4.76. The smallest absolute Gasteiger partial charge is 0.272 e. The van der Waals surface area contributed by atoms with Crippen molar-refractivity contribution in [3.05, 3.63) is 114 Å². The van der Waals surface area contributed by atoms with Crippen molar-refractivity contribution in [3.63, 3.8) is 0 Å². The number of Topliss-reactive ketones (excluding diaryl/α,β-unsaturated/α-hetero) is 1. The summed E-state index contributed by atoms with van der Waals surface area (Å²) in [5, 5.41) is 5.47. The molecular weight excluding hydrogens is 516 g/mol. The molecular formula is C30H26N2O6S. The fourth-order valence-corrected chi connectivity index (χ4v) is 4.41. The number of rotatable bonds is 11. The third-order valence-corrected chi connectivity index (χ3v) is 6.52. The molecule has 0 bridgehead atoms. The Labute approximate surface area is 230 Å². The van der Waals surface area contributed by atoms with Crippen molar-refractivity contribution in [1.29, 1.82) is 0 Å². The molecule has 4 aromatic rings. The van der Waals surface area contributed by atoms with Crippen molar-refractivity contribution >= 4 is 41.1 Å². The molecule has 1 heterocycles. The Balaban J connectivity index is 1.44. The van der Waals surface area contributed by atoms with E-state index in [1.807, 2.05) is 6.07 Å². The molecule has 0 atom stereocenters. The van der Waals surface area contributed by atoms with Gasteiger partial charge in [-0.15, -0.1) is 11.8 Å². The quantitative estimate of drug-likeness (QED) is 0.143. The van der Waals surface area contributed by atoms with Crippen LogP contribution in [0.2, 0.25) is 0 Å². The van der Waals surface area contributed by atoms with E-state index >= 15 is 0 Å². The van der Waals surface area contributed by atoms with Crippen molar-refractivity contribution in [1.82, 2.24) is 5.32 Å². The summed E-state index contributed by atoms with van der Waals surface area (Å²) in [4.78, 5) is 39.4. The van der Waals surface area contributed by atoms with E-state index in [1.54, 1.807) is 78.9 Å². The number of furan rings is 1. The van der Waals surface area contributed by atoms with Gasteiger partial charge in [-0.05, 0) is 60.7 Å². The number of methoxy groups -OCH3 is 2. The monoisotopic (exact) mass is 542 g/mol. The lowest BCUT2D eigenvalue weighted by molar-refractivity contribution is -0.113. The Bertz CT molecular complexity index is 1480. The number of ketones is 1. The van der Waals surface area contributed by atoms with Gasteiger partial charge in [-0.3, -0.25) is 14.4 Å². The normalized spacial score (nSPS) is 11.0. The SMILES string of the molecule is COc1ccc(C(=O)CSc2cccc(NC(=O)/C(=C/c3ccco3)NC(=O)c3ccccc3)c2)cc1OC. The van der Waals surface area contributed by atoms with Crippen molar-refractivity contribution in [2.24, 2.45) is 0 Å². The molecule has 2 amide bonds. The number of anilines is 1. The molecule has 0 unspecified atom stereocenters. The number of nitrogens with one attached hydrogen (secondary N) is 2. The standard InChI is InChI=1S/C30H26N2O6S/c1-36-27-14-13-21(16-28(27)37-2)26(33)19-39-24-12-6-10-22(17-24)31-30(35)25(18-23-11-7-15-38-23)32-29(34)20-8-4-3-5-9-20/h3-18H,19H2,1-2H3,(H,31,35)(H,32,34)/b25-18-. The van der Waals surface area contributed by atoms with Crippen LogP contribution in [0, 0.1) is 0 Å². The lowest BCUT2D eigenvalue weighted by Gasteiger charge is -2.12. The number of hydrogen-bond donors (Lipinski definition) is 2. The van der Waals surface area contributed by atoms with Crippen LogP contribution in [-0.2, 0) is 4.79 Å². The Kier molecular flexibility index (Phi) is 9.20. The molecule has 1 aromatic heterocycles. The Morgan fingerprint density at radius 3 is 2.36 bits per heavy atom. The number of carbonyl (C=O) groups is 3.